The number of anilines is 1. The molecule has 0 radical (unpaired) electrons. The van der Waals surface area contributed by atoms with Gasteiger partial charge in [-0.2, -0.15) is 0 Å². The molecule has 27 heavy (non-hydrogen) atoms. The molecule has 0 aliphatic carbocycles. The lowest BCUT2D eigenvalue weighted by Gasteiger charge is -2.37. The number of benzene rings is 1. The first-order valence-corrected chi connectivity index (χ1v) is 9.89. The highest BCUT2D eigenvalue weighted by molar-refractivity contribution is 5.87. The van der Waals surface area contributed by atoms with Crippen LogP contribution in [0.2, 0.25) is 0 Å². The number of hydrogen-bond acceptors (Lipinski definition) is 4. The summed E-state index contributed by atoms with van der Waals surface area (Å²) in [6.07, 6.45) is 2.93. The molecule has 150 valence electrons. The van der Waals surface area contributed by atoms with Crippen LogP contribution in [0.1, 0.15) is 48.4 Å². The van der Waals surface area contributed by atoms with Crippen LogP contribution in [0, 0.1) is 26.7 Å². The summed E-state index contributed by atoms with van der Waals surface area (Å²) in [5.41, 5.74) is 4.44. The first-order chi connectivity index (χ1) is 12.7. The van der Waals surface area contributed by atoms with E-state index < -0.39 is 6.09 Å². The third-order valence-electron chi connectivity index (χ3n) is 6.31. The van der Waals surface area contributed by atoms with Gasteiger partial charge in [0.05, 0.1) is 5.69 Å². The van der Waals surface area contributed by atoms with E-state index in [0.29, 0.717) is 11.6 Å². The summed E-state index contributed by atoms with van der Waals surface area (Å²) in [6.45, 7) is 11.3. The van der Waals surface area contributed by atoms with Gasteiger partial charge in [-0.3, -0.25) is 10.2 Å². The number of carboxylic acid groups (broad SMARTS) is 1. The minimum absolute atomic E-state index is 0.283. The Hall–Kier alpha value is -1.79. The molecule has 3 N–H and O–H groups in total. The largest absolute Gasteiger partial charge is 0.485 e. The first-order valence-electron chi connectivity index (χ1n) is 9.89. The predicted molar refractivity (Wildman–Crippen MR) is 106 cm³/mol. The number of carbonyl (C=O) groups is 1. The first kappa shape index (κ1) is 20.0. The maximum Gasteiger partial charge on any atom is 0.409 e. The standard InChI is InChI=1S/C21H32N2O4/c1-13-14(2)19-17(15(3)18(13)22-20(25)26)11-21(4,27-19)12-23-8-5-16(6-9-23)7-10-24/h16,22,24H,5-12H2,1-4H3,(H,25,26). The quantitative estimate of drug-likeness (QED) is 0.733. The molecule has 2 heterocycles. The van der Waals surface area contributed by atoms with Crippen molar-refractivity contribution in [2.75, 3.05) is 31.6 Å². The molecular formula is C21H32N2O4. The van der Waals surface area contributed by atoms with E-state index in [1.807, 2.05) is 20.8 Å². The summed E-state index contributed by atoms with van der Waals surface area (Å²) < 4.78 is 6.47. The smallest absolute Gasteiger partial charge is 0.409 e. The average Bonchev–Trinajstić information content (AvgIpc) is 2.96. The van der Waals surface area contributed by atoms with Crippen LogP contribution < -0.4 is 10.1 Å². The van der Waals surface area contributed by atoms with Gasteiger partial charge in [0.25, 0.3) is 0 Å². The number of hydrogen-bond donors (Lipinski definition) is 3. The number of rotatable bonds is 5. The van der Waals surface area contributed by atoms with Crippen LogP contribution in [-0.2, 0) is 6.42 Å². The molecule has 2 aliphatic heterocycles. The molecule has 1 amide bonds. The zero-order valence-corrected chi connectivity index (χ0v) is 16.9. The third-order valence-corrected chi connectivity index (χ3v) is 6.31. The second-order valence-corrected chi connectivity index (χ2v) is 8.45. The fourth-order valence-corrected chi connectivity index (χ4v) is 4.67. The highest BCUT2D eigenvalue weighted by Crippen LogP contribution is 2.45. The highest BCUT2D eigenvalue weighted by atomic mass is 16.5. The van der Waals surface area contributed by atoms with Crippen LogP contribution in [0.25, 0.3) is 0 Å². The second kappa shape index (κ2) is 7.68. The molecule has 1 fully saturated rings. The molecule has 0 spiro atoms. The van der Waals surface area contributed by atoms with Crippen LogP contribution >= 0.6 is 0 Å². The third kappa shape index (κ3) is 4.06. The van der Waals surface area contributed by atoms with E-state index in [-0.39, 0.29) is 12.2 Å². The summed E-state index contributed by atoms with van der Waals surface area (Å²) in [4.78, 5) is 13.6. The molecule has 0 aromatic heterocycles. The Morgan fingerprint density at radius 3 is 2.48 bits per heavy atom. The number of aliphatic hydroxyl groups is 1. The highest BCUT2D eigenvalue weighted by Gasteiger charge is 2.40. The average molecular weight is 376 g/mol. The van der Waals surface area contributed by atoms with E-state index in [1.54, 1.807) is 0 Å². The van der Waals surface area contributed by atoms with Crippen molar-refractivity contribution in [2.24, 2.45) is 5.92 Å². The molecule has 6 nitrogen and oxygen atoms in total. The van der Waals surface area contributed by atoms with Crippen molar-refractivity contribution < 1.29 is 19.7 Å². The Bertz CT molecular complexity index is 726. The van der Waals surface area contributed by atoms with Crippen LogP contribution in [-0.4, -0.2) is 53.0 Å². The minimum Gasteiger partial charge on any atom is -0.485 e. The van der Waals surface area contributed by atoms with E-state index in [2.05, 4.69) is 17.1 Å². The number of nitrogens with one attached hydrogen (secondary N) is 1. The Morgan fingerprint density at radius 1 is 1.22 bits per heavy atom. The lowest BCUT2D eigenvalue weighted by Crippen LogP contribution is -2.47. The van der Waals surface area contributed by atoms with Crippen LogP contribution in [0.15, 0.2) is 0 Å². The summed E-state index contributed by atoms with van der Waals surface area (Å²) in [7, 11) is 0. The Balaban J connectivity index is 1.75. The molecule has 0 saturated carbocycles. The fraction of sp³-hybridized carbons (Fsp3) is 0.667. The van der Waals surface area contributed by atoms with Gasteiger partial charge in [-0.15, -0.1) is 0 Å². The van der Waals surface area contributed by atoms with E-state index in [4.69, 9.17) is 14.9 Å². The molecule has 1 saturated heterocycles. The van der Waals surface area contributed by atoms with Crippen molar-refractivity contribution in [3.05, 3.63) is 22.3 Å². The number of nitrogens with zero attached hydrogens (tertiary/aromatic N) is 1. The normalized spacial score (nSPS) is 23.1. The Kier molecular flexibility index (Phi) is 5.68. The van der Waals surface area contributed by atoms with E-state index in [0.717, 1.165) is 73.3 Å². The molecule has 1 atom stereocenters. The predicted octanol–water partition coefficient (Wildman–Crippen LogP) is 3.49. The second-order valence-electron chi connectivity index (χ2n) is 8.45. The minimum atomic E-state index is -1.03. The molecule has 2 aliphatic rings. The van der Waals surface area contributed by atoms with Gasteiger partial charge in [0.15, 0.2) is 0 Å². The Morgan fingerprint density at radius 2 is 1.89 bits per heavy atom. The van der Waals surface area contributed by atoms with Gasteiger partial charge in [0.2, 0.25) is 0 Å². The van der Waals surface area contributed by atoms with Crippen LogP contribution in [0.5, 0.6) is 5.75 Å². The van der Waals surface area contributed by atoms with E-state index in [9.17, 15) is 4.79 Å². The number of aliphatic hydroxyl groups excluding tert-OH is 1. The van der Waals surface area contributed by atoms with Gasteiger partial charge >= 0.3 is 6.09 Å². The molecule has 0 bridgehead atoms. The van der Waals surface area contributed by atoms with Crippen molar-refractivity contribution in [3.63, 3.8) is 0 Å². The van der Waals surface area contributed by atoms with Crippen molar-refractivity contribution in [1.29, 1.82) is 0 Å². The summed E-state index contributed by atoms with van der Waals surface area (Å²) >= 11 is 0. The van der Waals surface area contributed by atoms with Gasteiger partial charge in [-0.05, 0) is 82.7 Å². The van der Waals surface area contributed by atoms with Crippen LogP contribution in [0.3, 0.4) is 0 Å². The molecule has 6 heteroatoms. The van der Waals surface area contributed by atoms with Gasteiger partial charge < -0.3 is 14.9 Å². The number of piperidine rings is 1. The molecule has 1 aromatic carbocycles. The molecular weight excluding hydrogens is 344 g/mol. The fourth-order valence-electron chi connectivity index (χ4n) is 4.67. The monoisotopic (exact) mass is 376 g/mol. The molecule has 1 aromatic rings. The number of amides is 1. The van der Waals surface area contributed by atoms with Crippen LogP contribution in [0.4, 0.5) is 10.5 Å². The van der Waals surface area contributed by atoms with Gasteiger partial charge in [-0.25, -0.2) is 4.79 Å². The maximum atomic E-state index is 11.2. The van der Waals surface area contributed by atoms with Gasteiger partial charge in [0.1, 0.15) is 11.4 Å². The number of likely N-dealkylation sites (tertiary alicyclic amines) is 1. The van der Waals surface area contributed by atoms with Gasteiger partial charge in [0, 0.05) is 25.1 Å². The molecule has 1 unspecified atom stereocenters. The maximum absolute atomic E-state index is 11.2. The van der Waals surface area contributed by atoms with Gasteiger partial charge in [-0.1, -0.05) is 0 Å². The van der Waals surface area contributed by atoms with Crippen molar-refractivity contribution in [1.82, 2.24) is 4.90 Å². The van der Waals surface area contributed by atoms with E-state index >= 15 is 0 Å². The number of ether oxygens (including phenoxy) is 1. The summed E-state index contributed by atoms with van der Waals surface area (Å²) in [5, 5.41) is 20.9. The lowest BCUT2D eigenvalue weighted by molar-refractivity contribution is 0.0450. The van der Waals surface area contributed by atoms with Crippen molar-refractivity contribution in [3.8, 4) is 5.75 Å². The van der Waals surface area contributed by atoms with Crippen molar-refractivity contribution >= 4 is 11.8 Å². The lowest BCUT2D eigenvalue weighted by atomic mass is 9.90. The number of fused-ring (bicyclic) bond motifs is 1. The zero-order chi connectivity index (χ0) is 19.8. The SMILES string of the molecule is Cc1c(C)c2c(c(C)c1NC(=O)O)CC(C)(CN1CCC(CCO)CC1)O2. The molecule has 3 rings (SSSR count). The topological polar surface area (TPSA) is 82.0 Å². The van der Waals surface area contributed by atoms with E-state index in [1.165, 1.54) is 0 Å². The zero-order valence-electron chi connectivity index (χ0n) is 16.9. The summed E-state index contributed by atoms with van der Waals surface area (Å²) in [5.74, 6) is 1.57. The summed E-state index contributed by atoms with van der Waals surface area (Å²) in [6, 6.07) is 0. The van der Waals surface area contributed by atoms with Crippen molar-refractivity contribution in [2.45, 2.75) is 59.0 Å². The Labute approximate surface area is 161 Å².